The maximum absolute atomic E-state index is 5.51. The van der Waals surface area contributed by atoms with Gasteiger partial charge in [0.15, 0.2) is 10.6 Å². The Balaban J connectivity index is 1.60. The number of benzene rings is 1. The van der Waals surface area contributed by atoms with E-state index >= 15 is 0 Å². The Morgan fingerprint density at radius 3 is 2.50 bits per heavy atom. The lowest BCUT2D eigenvalue weighted by Crippen LogP contribution is -2.06. The van der Waals surface area contributed by atoms with Crippen LogP contribution in [0.25, 0.3) is 11.4 Å². The lowest BCUT2D eigenvalue weighted by atomic mass is 10.0. The molecular formula is C16H17N3S. The average molecular weight is 283 g/mol. The van der Waals surface area contributed by atoms with E-state index in [1.165, 1.54) is 19.3 Å². The third-order valence-corrected chi connectivity index (χ3v) is 6.02. The first-order valence-corrected chi connectivity index (χ1v) is 7.98. The van der Waals surface area contributed by atoms with Gasteiger partial charge < -0.3 is 0 Å². The quantitative estimate of drug-likeness (QED) is 0.850. The average Bonchev–Trinajstić information content (AvgIpc) is 2.83. The predicted octanol–water partition coefficient (Wildman–Crippen LogP) is 3.82. The molecule has 1 N–H and O–H groups in total. The summed E-state index contributed by atoms with van der Waals surface area (Å²) in [5, 5.41) is 7.50. The highest BCUT2D eigenvalue weighted by Gasteiger charge is 2.66. The molecule has 0 saturated heterocycles. The van der Waals surface area contributed by atoms with Crippen molar-refractivity contribution >= 4 is 12.2 Å². The van der Waals surface area contributed by atoms with Crippen LogP contribution in [-0.4, -0.2) is 14.8 Å². The van der Waals surface area contributed by atoms with Crippen molar-refractivity contribution in [3.8, 4) is 11.4 Å². The van der Waals surface area contributed by atoms with E-state index in [4.69, 9.17) is 12.2 Å². The maximum Gasteiger partial charge on any atom is 0.195 e. The van der Waals surface area contributed by atoms with Crippen molar-refractivity contribution in [3.63, 3.8) is 0 Å². The van der Waals surface area contributed by atoms with E-state index in [9.17, 15) is 0 Å². The normalized spacial score (nSPS) is 37.1. The largest absolute Gasteiger partial charge is 0.296 e. The zero-order valence-electron chi connectivity index (χ0n) is 11.2. The van der Waals surface area contributed by atoms with Crippen molar-refractivity contribution in [3.05, 3.63) is 35.1 Å². The molecule has 0 radical (unpaired) electrons. The SMILES string of the molecule is S=c1[nH]nc(-c2ccccc2)n1C1C2C3CCC(C3)C21. The minimum Gasteiger partial charge on any atom is -0.296 e. The summed E-state index contributed by atoms with van der Waals surface area (Å²) in [6.07, 6.45) is 4.35. The molecule has 4 heteroatoms. The molecule has 1 aromatic heterocycles. The summed E-state index contributed by atoms with van der Waals surface area (Å²) >= 11 is 5.51. The molecule has 3 fully saturated rings. The number of hydrogen-bond acceptors (Lipinski definition) is 2. The topological polar surface area (TPSA) is 33.6 Å². The first kappa shape index (κ1) is 11.3. The molecule has 1 aromatic carbocycles. The first-order chi connectivity index (χ1) is 9.84. The van der Waals surface area contributed by atoms with Crippen LogP contribution in [0.1, 0.15) is 25.3 Å². The second-order valence-electron chi connectivity index (χ2n) is 6.57. The summed E-state index contributed by atoms with van der Waals surface area (Å²) in [6, 6.07) is 11.0. The van der Waals surface area contributed by atoms with Crippen molar-refractivity contribution in [2.45, 2.75) is 25.3 Å². The fraction of sp³-hybridized carbons (Fsp3) is 0.500. The molecule has 0 amide bonds. The Hall–Kier alpha value is -1.42. The molecule has 2 aromatic rings. The second-order valence-corrected chi connectivity index (χ2v) is 6.95. The Morgan fingerprint density at radius 2 is 1.80 bits per heavy atom. The third-order valence-electron chi connectivity index (χ3n) is 5.73. The smallest absolute Gasteiger partial charge is 0.195 e. The minimum atomic E-state index is 0.614. The maximum atomic E-state index is 5.51. The van der Waals surface area contributed by atoms with Gasteiger partial charge in [0, 0.05) is 11.6 Å². The minimum absolute atomic E-state index is 0.614. The predicted molar refractivity (Wildman–Crippen MR) is 79.7 cm³/mol. The number of aromatic amines is 1. The van der Waals surface area contributed by atoms with E-state index in [1.54, 1.807) is 0 Å². The molecule has 0 aliphatic heterocycles. The van der Waals surface area contributed by atoms with Crippen LogP contribution in [0.2, 0.25) is 0 Å². The molecule has 5 rings (SSSR count). The van der Waals surface area contributed by atoms with E-state index in [0.717, 1.165) is 39.8 Å². The Morgan fingerprint density at radius 1 is 1.10 bits per heavy atom. The van der Waals surface area contributed by atoms with E-state index in [1.807, 2.05) is 6.07 Å². The molecule has 3 nitrogen and oxygen atoms in total. The van der Waals surface area contributed by atoms with Gasteiger partial charge in [-0.25, -0.2) is 0 Å². The van der Waals surface area contributed by atoms with Gasteiger partial charge in [-0.1, -0.05) is 30.3 Å². The van der Waals surface area contributed by atoms with Crippen molar-refractivity contribution in [2.75, 3.05) is 0 Å². The Kier molecular flexibility index (Phi) is 2.15. The summed E-state index contributed by atoms with van der Waals surface area (Å²) in [4.78, 5) is 0. The second kappa shape index (κ2) is 3.82. The van der Waals surface area contributed by atoms with Crippen molar-refractivity contribution in [1.82, 2.24) is 14.8 Å². The van der Waals surface area contributed by atoms with E-state index < -0.39 is 0 Å². The highest BCUT2D eigenvalue weighted by atomic mass is 32.1. The molecule has 3 aliphatic rings. The van der Waals surface area contributed by atoms with Crippen molar-refractivity contribution in [2.24, 2.45) is 23.7 Å². The molecule has 102 valence electrons. The Labute approximate surface area is 123 Å². The van der Waals surface area contributed by atoms with Gasteiger partial charge in [-0.05, 0) is 55.2 Å². The molecule has 2 bridgehead atoms. The summed E-state index contributed by atoms with van der Waals surface area (Å²) < 4.78 is 3.10. The van der Waals surface area contributed by atoms with E-state index in [0.29, 0.717) is 6.04 Å². The lowest BCUT2D eigenvalue weighted by molar-refractivity contribution is 0.453. The van der Waals surface area contributed by atoms with Gasteiger partial charge in [-0.2, -0.15) is 5.10 Å². The number of H-pyrrole nitrogens is 1. The van der Waals surface area contributed by atoms with Gasteiger partial charge in [-0.3, -0.25) is 9.67 Å². The summed E-state index contributed by atoms with van der Waals surface area (Å²) in [6.45, 7) is 0. The molecule has 0 spiro atoms. The van der Waals surface area contributed by atoms with Gasteiger partial charge in [0.25, 0.3) is 0 Å². The third kappa shape index (κ3) is 1.35. The molecule has 4 unspecified atom stereocenters. The van der Waals surface area contributed by atoms with Crippen LogP contribution in [0.15, 0.2) is 30.3 Å². The fourth-order valence-electron chi connectivity index (χ4n) is 5.00. The molecule has 1 heterocycles. The van der Waals surface area contributed by atoms with Crippen molar-refractivity contribution in [1.29, 1.82) is 0 Å². The first-order valence-electron chi connectivity index (χ1n) is 7.57. The van der Waals surface area contributed by atoms with E-state index in [-0.39, 0.29) is 0 Å². The standard InChI is InChI=1S/C16H17N3S/c20-16-18-17-15(9-4-2-1-3-5-9)19(16)14-12-10-6-7-11(8-10)13(12)14/h1-5,10-14H,6-8H2,(H,18,20). The summed E-state index contributed by atoms with van der Waals surface area (Å²) in [5.74, 6) is 4.68. The number of nitrogens with one attached hydrogen (secondary N) is 1. The van der Waals surface area contributed by atoms with Crippen molar-refractivity contribution < 1.29 is 0 Å². The Bertz CT molecular complexity index is 701. The van der Waals surface area contributed by atoms with Gasteiger partial charge in [0.1, 0.15) is 0 Å². The highest BCUT2D eigenvalue weighted by molar-refractivity contribution is 7.71. The summed E-state index contributed by atoms with van der Waals surface area (Å²) in [7, 11) is 0. The molecular weight excluding hydrogens is 266 g/mol. The van der Waals surface area contributed by atoms with Crippen LogP contribution in [0.4, 0.5) is 0 Å². The van der Waals surface area contributed by atoms with Crippen LogP contribution >= 0.6 is 12.2 Å². The zero-order valence-corrected chi connectivity index (χ0v) is 12.0. The van der Waals surface area contributed by atoms with Crippen LogP contribution in [0, 0.1) is 28.4 Å². The summed E-state index contributed by atoms with van der Waals surface area (Å²) in [5.41, 5.74) is 1.16. The van der Waals surface area contributed by atoms with Gasteiger partial charge in [0.05, 0.1) is 0 Å². The van der Waals surface area contributed by atoms with Crippen LogP contribution in [0.5, 0.6) is 0 Å². The highest BCUT2D eigenvalue weighted by Crippen LogP contribution is 2.71. The van der Waals surface area contributed by atoms with Gasteiger partial charge in [-0.15, -0.1) is 0 Å². The van der Waals surface area contributed by atoms with E-state index in [2.05, 4.69) is 39.0 Å². The number of aromatic nitrogens is 3. The lowest BCUT2D eigenvalue weighted by Gasteiger charge is -2.12. The fourth-order valence-corrected chi connectivity index (χ4v) is 5.25. The molecule has 3 saturated carbocycles. The number of nitrogens with zero attached hydrogens (tertiary/aromatic N) is 2. The molecule has 3 aliphatic carbocycles. The monoisotopic (exact) mass is 283 g/mol. The molecule has 20 heavy (non-hydrogen) atoms. The van der Waals surface area contributed by atoms with Gasteiger partial charge >= 0.3 is 0 Å². The molecule has 4 atom stereocenters. The van der Waals surface area contributed by atoms with Gasteiger partial charge in [0.2, 0.25) is 0 Å². The number of fused-ring (bicyclic) bond motifs is 5. The number of rotatable bonds is 2. The van der Waals surface area contributed by atoms with Crippen LogP contribution in [-0.2, 0) is 0 Å². The van der Waals surface area contributed by atoms with Crippen LogP contribution in [0.3, 0.4) is 0 Å². The number of hydrogen-bond donors (Lipinski definition) is 1. The van der Waals surface area contributed by atoms with Crippen LogP contribution < -0.4 is 0 Å². The zero-order chi connectivity index (χ0) is 13.3.